The van der Waals surface area contributed by atoms with Gasteiger partial charge in [0, 0.05) is 6.20 Å². The molecule has 5 heteroatoms. The molecule has 0 aromatic carbocycles. The number of anilines is 1. The number of hydrogen-bond acceptors (Lipinski definition) is 3. The molecular formula is C7H9ClN2O2. The Hall–Kier alpha value is -1.29. The molecule has 0 fully saturated rings. The van der Waals surface area contributed by atoms with Gasteiger partial charge in [0.25, 0.3) is 0 Å². The van der Waals surface area contributed by atoms with Crippen molar-refractivity contribution < 1.29 is 9.90 Å². The molecule has 0 spiro atoms. The Morgan fingerprint density at radius 1 is 1.58 bits per heavy atom. The summed E-state index contributed by atoms with van der Waals surface area (Å²) in [6.45, 7) is 0. The molecule has 1 rings (SSSR count). The van der Waals surface area contributed by atoms with Crippen LogP contribution in [0.5, 0.6) is 0 Å². The third kappa shape index (κ3) is 3.21. The Balaban J connectivity index is 0.00000121. The summed E-state index contributed by atoms with van der Waals surface area (Å²) in [5, 5.41) is 8.38. The van der Waals surface area contributed by atoms with Crippen LogP contribution in [-0.4, -0.2) is 16.1 Å². The fourth-order valence-electron chi connectivity index (χ4n) is 0.715. The first kappa shape index (κ1) is 10.7. The van der Waals surface area contributed by atoms with Gasteiger partial charge in [-0.25, -0.2) is 4.98 Å². The maximum Gasteiger partial charge on any atom is 0.307 e. The van der Waals surface area contributed by atoms with Gasteiger partial charge in [0.05, 0.1) is 6.42 Å². The number of carboxylic acid groups (broad SMARTS) is 1. The summed E-state index contributed by atoms with van der Waals surface area (Å²) in [5.74, 6) is -0.462. The molecule has 0 atom stereocenters. The highest BCUT2D eigenvalue weighted by atomic mass is 35.5. The van der Waals surface area contributed by atoms with Crippen molar-refractivity contribution in [3.05, 3.63) is 23.9 Å². The van der Waals surface area contributed by atoms with E-state index < -0.39 is 5.97 Å². The zero-order chi connectivity index (χ0) is 8.27. The Bertz CT molecular complexity index is 261. The summed E-state index contributed by atoms with van der Waals surface area (Å²) in [7, 11) is 0. The summed E-state index contributed by atoms with van der Waals surface area (Å²) in [5.41, 5.74) is 5.96. The highest BCUT2D eigenvalue weighted by Crippen LogP contribution is 2.01. The van der Waals surface area contributed by atoms with Crippen molar-refractivity contribution in [3.63, 3.8) is 0 Å². The third-order valence-corrected chi connectivity index (χ3v) is 1.20. The van der Waals surface area contributed by atoms with Crippen LogP contribution in [0.25, 0.3) is 0 Å². The van der Waals surface area contributed by atoms with Crippen LogP contribution >= 0.6 is 12.4 Å². The second kappa shape index (κ2) is 4.56. The molecule has 0 radical (unpaired) electrons. The molecule has 1 aromatic heterocycles. The Labute approximate surface area is 75.8 Å². The number of halogens is 1. The molecular weight excluding hydrogens is 180 g/mol. The quantitative estimate of drug-likeness (QED) is 0.717. The van der Waals surface area contributed by atoms with Crippen LogP contribution in [0.4, 0.5) is 5.82 Å². The zero-order valence-corrected chi connectivity index (χ0v) is 7.04. The van der Waals surface area contributed by atoms with Crippen LogP contribution in [0.3, 0.4) is 0 Å². The Kier molecular flexibility index (Phi) is 4.07. The second-order valence-electron chi connectivity index (χ2n) is 2.16. The van der Waals surface area contributed by atoms with Gasteiger partial charge in [-0.05, 0) is 11.6 Å². The first-order valence-corrected chi connectivity index (χ1v) is 3.10. The molecule has 0 aliphatic rings. The lowest BCUT2D eigenvalue weighted by Gasteiger charge is -1.95. The lowest BCUT2D eigenvalue weighted by molar-refractivity contribution is -0.136. The lowest BCUT2D eigenvalue weighted by Crippen LogP contribution is -2.00. The SMILES string of the molecule is Cl.Nc1ccc(CC(=O)O)cn1. The number of aliphatic carboxylic acids is 1. The second-order valence-corrected chi connectivity index (χ2v) is 2.16. The van der Waals surface area contributed by atoms with E-state index in [0.717, 1.165) is 0 Å². The highest BCUT2D eigenvalue weighted by Gasteiger charge is 1.98. The minimum Gasteiger partial charge on any atom is -0.481 e. The molecule has 1 heterocycles. The molecule has 4 nitrogen and oxygen atoms in total. The first-order chi connectivity index (χ1) is 5.18. The standard InChI is InChI=1S/C7H8N2O2.ClH/c8-6-2-1-5(4-9-6)3-7(10)11;/h1-2,4H,3H2,(H2,8,9)(H,10,11);1H. The monoisotopic (exact) mass is 188 g/mol. The van der Waals surface area contributed by atoms with Gasteiger partial charge in [-0.2, -0.15) is 0 Å². The molecule has 0 amide bonds. The molecule has 1 aromatic rings. The minimum absolute atomic E-state index is 0. The molecule has 0 unspecified atom stereocenters. The van der Waals surface area contributed by atoms with Crippen molar-refractivity contribution in [1.29, 1.82) is 0 Å². The van der Waals surface area contributed by atoms with Gasteiger partial charge in [-0.1, -0.05) is 6.07 Å². The van der Waals surface area contributed by atoms with Gasteiger partial charge in [-0.3, -0.25) is 4.79 Å². The number of rotatable bonds is 2. The van der Waals surface area contributed by atoms with Crippen molar-refractivity contribution in [2.24, 2.45) is 0 Å². The van der Waals surface area contributed by atoms with Crippen molar-refractivity contribution in [1.82, 2.24) is 4.98 Å². The fourth-order valence-corrected chi connectivity index (χ4v) is 0.715. The van der Waals surface area contributed by atoms with E-state index in [9.17, 15) is 4.79 Å². The number of aromatic nitrogens is 1. The van der Waals surface area contributed by atoms with Crippen LogP contribution in [0.1, 0.15) is 5.56 Å². The smallest absolute Gasteiger partial charge is 0.307 e. The van der Waals surface area contributed by atoms with Crippen LogP contribution in [0, 0.1) is 0 Å². The molecule has 0 saturated carbocycles. The van der Waals surface area contributed by atoms with Gasteiger partial charge in [-0.15, -0.1) is 12.4 Å². The van der Waals surface area contributed by atoms with Gasteiger partial charge < -0.3 is 10.8 Å². The molecule has 0 aliphatic carbocycles. The van der Waals surface area contributed by atoms with E-state index in [-0.39, 0.29) is 18.8 Å². The maximum atomic E-state index is 10.2. The van der Waals surface area contributed by atoms with E-state index in [4.69, 9.17) is 10.8 Å². The number of nitrogen functional groups attached to an aromatic ring is 1. The number of pyridine rings is 1. The van der Waals surface area contributed by atoms with E-state index in [1.54, 1.807) is 12.1 Å². The summed E-state index contributed by atoms with van der Waals surface area (Å²) in [4.78, 5) is 13.9. The molecule has 0 aliphatic heterocycles. The largest absolute Gasteiger partial charge is 0.481 e. The molecule has 12 heavy (non-hydrogen) atoms. The summed E-state index contributed by atoms with van der Waals surface area (Å²) in [6, 6.07) is 3.23. The number of hydrogen-bond donors (Lipinski definition) is 2. The lowest BCUT2D eigenvalue weighted by atomic mass is 10.2. The first-order valence-electron chi connectivity index (χ1n) is 3.10. The van der Waals surface area contributed by atoms with Crippen molar-refractivity contribution in [2.45, 2.75) is 6.42 Å². The van der Waals surface area contributed by atoms with Crippen molar-refractivity contribution in [2.75, 3.05) is 5.73 Å². The van der Waals surface area contributed by atoms with Gasteiger partial charge in [0.15, 0.2) is 0 Å². The van der Waals surface area contributed by atoms with Crippen LogP contribution < -0.4 is 5.73 Å². The van der Waals surface area contributed by atoms with Crippen LogP contribution in [0.2, 0.25) is 0 Å². The highest BCUT2D eigenvalue weighted by molar-refractivity contribution is 5.85. The average Bonchev–Trinajstić information content (AvgIpc) is 1.93. The maximum absolute atomic E-state index is 10.2. The van der Waals surface area contributed by atoms with E-state index in [2.05, 4.69) is 4.98 Å². The summed E-state index contributed by atoms with van der Waals surface area (Å²) >= 11 is 0. The van der Waals surface area contributed by atoms with Crippen LogP contribution in [0.15, 0.2) is 18.3 Å². The molecule has 66 valence electrons. The fraction of sp³-hybridized carbons (Fsp3) is 0.143. The van der Waals surface area contributed by atoms with E-state index in [1.807, 2.05) is 0 Å². The van der Waals surface area contributed by atoms with E-state index in [1.165, 1.54) is 6.20 Å². The number of nitrogens with zero attached hydrogens (tertiary/aromatic N) is 1. The number of nitrogens with two attached hydrogens (primary N) is 1. The summed E-state index contributed by atoms with van der Waals surface area (Å²) in [6.07, 6.45) is 1.46. The van der Waals surface area contributed by atoms with Crippen molar-refractivity contribution in [3.8, 4) is 0 Å². The Morgan fingerprint density at radius 2 is 2.25 bits per heavy atom. The van der Waals surface area contributed by atoms with Gasteiger partial charge in [0.1, 0.15) is 5.82 Å². The van der Waals surface area contributed by atoms with Gasteiger partial charge >= 0.3 is 5.97 Å². The minimum atomic E-state index is -0.864. The predicted octanol–water partition coefficient (Wildman–Crippen LogP) is 0.713. The molecule has 0 bridgehead atoms. The third-order valence-electron chi connectivity index (χ3n) is 1.20. The van der Waals surface area contributed by atoms with Crippen LogP contribution in [-0.2, 0) is 11.2 Å². The predicted molar refractivity (Wildman–Crippen MR) is 47.2 cm³/mol. The Morgan fingerprint density at radius 3 is 2.67 bits per heavy atom. The molecule has 0 saturated heterocycles. The normalized spacial score (nSPS) is 8.67. The summed E-state index contributed by atoms with van der Waals surface area (Å²) < 4.78 is 0. The van der Waals surface area contributed by atoms with Gasteiger partial charge in [0.2, 0.25) is 0 Å². The number of carboxylic acids is 1. The topological polar surface area (TPSA) is 76.2 Å². The average molecular weight is 189 g/mol. The van der Waals surface area contributed by atoms with Crippen molar-refractivity contribution >= 4 is 24.2 Å². The zero-order valence-electron chi connectivity index (χ0n) is 6.23. The van der Waals surface area contributed by atoms with E-state index in [0.29, 0.717) is 11.4 Å². The number of carbonyl (C=O) groups is 1. The van der Waals surface area contributed by atoms with E-state index >= 15 is 0 Å². The molecule has 3 N–H and O–H groups in total.